The van der Waals surface area contributed by atoms with Gasteiger partial charge in [-0.2, -0.15) is 0 Å². The third kappa shape index (κ3) is 2.29. The molecule has 108 valence electrons. The molecule has 2 unspecified atom stereocenters. The molecule has 1 aromatic carbocycles. The van der Waals surface area contributed by atoms with E-state index in [0.717, 1.165) is 48.4 Å². The number of benzene rings is 1. The van der Waals surface area contributed by atoms with Crippen LogP contribution in [-0.2, 0) is 6.54 Å². The van der Waals surface area contributed by atoms with E-state index in [1.165, 1.54) is 0 Å². The number of anilines is 1. The summed E-state index contributed by atoms with van der Waals surface area (Å²) >= 11 is 0. The molecule has 1 fully saturated rings. The number of nitrogen functional groups attached to an aromatic ring is 1. The van der Waals surface area contributed by atoms with Crippen molar-refractivity contribution in [3.8, 4) is 0 Å². The van der Waals surface area contributed by atoms with Crippen molar-refractivity contribution in [3.63, 3.8) is 0 Å². The summed E-state index contributed by atoms with van der Waals surface area (Å²) in [5, 5.41) is 10.1. The quantitative estimate of drug-likeness (QED) is 0.845. The molecule has 2 aromatic rings. The molecule has 0 bridgehead atoms. The minimum Gasteiger partial charge on any atom is -0.399 e. The molecular weight excluding hydrogens is 250 g/mol. The summed E-state index contributed by atoms with van der Waals surface area (Å²) in [5.74, 6) is 1.80. The van der Waals surface area contributed by atoms with Crippen LogP contribution in [0.1, 0.15) is 44.9 Å². The SMILES string of the molecule is CC(C)c1nc2cc(N)ccc2n1CC1CCCC1O. The predicted molar refractivity (Wildman–Crippen MR) is 81.6 cm³/mol. The van der Waals surface area contributed by atoms with E-state index in [4.69, 9.17) is 10.7 Å². The third-order valence-electron chi connectivity index (χ3n) is 4.35. The zero-order valence-corrected chi connectivity index (χ0v) is 12.2. The molecule has 0 aliphatic heterocycles. The van der Waals surface area contributed by atoms with Gasteiger partial charge in [-0.05, 0) is 31.0 Å². The van der Waals surface area contributed by atoms with E-state index in [0.29, 0.717) is 11.8 Å². The highest BCUT2D eigenvalue weighted by Gasteiger charge is 2.27. The highest BCUT2D eigenvalue weighted by molar-refractivity contribution is 5.79. The lowest BCUT2D eigenvalue weighted by molar-refractivity contribution is 0.123. The smallest absolute Gasteiger partial charge is 0.112 e. The van der Waals surface area contributed by atoms with Gasteiger partial charge < -0.3 is 15.4 Å². The Bertz CT molecular complexity index is 617. The highest BCUT2D eigenvalue weighted by Crippen LogP contribution is 2.31. The van der Waals surface area contributed by atoms with Gasteiger partial charge in [0.05, 0.1) is 17.1 Å². The molecule has 0 amide bonds. The molecule has 4 heteroatoms. The highest BCUT2D eigenvalue weighted by atomic mass is 16.3. The molecule has 0 spiro atoms. The van der Waals surface area contributed by atoms with Gasteiger partial charge in [0.15, 0.2) is 0 Å². The Kier molecular flexibility index (Phi) is 3.42. The zero-order valence-electron chi connectivity index (χ0n) is 12.2. The molecule has 2 atom stereocenters. The summed E-state index contributed by atoms with van der Waals surface area (Å²) in [6.45, 7) is 5.17. The molecule has 1 saturated carbocycles. The fraction of sp³-hybridized carbons (Fsp3) is 0.562. The predicted octanol–water partition coefficient (Wildman–Crippen LogP) is 2.90. The van der Waals surface area contributed by atoms with Crippen LogP contribution in [0, 0.1) is 5.92 Å². The maximum atomic E-state index is 10.1. The second kappa shape index (κ2) is 5.09. The van der Waals surface area contributed by atoms with E-state index in [1.54, 1.807) is 0 Å². The van der Waals surface area contributed by atoms with Gasteiger partial charge in [-0.1, -0.05) is 20.3 Å². The number of imidazole rings is 1. The van der Waals surface area contributed by atoms with E-state index in [2.05, 4.69) is 18.4 Å². The molecule has 3 rings (SSSR count). The normalized spacial score (nSPS) is 23.0. The average Bonchev–Trinajstić information content (AvgIpc) is 2.95. The molecule has 0 radical (unpaired) electrons. The van der Waals surface area contributed by atoms with Crippen LogP contribution < -0.4 is 5.73 Å². The summed E-state index contributed by atoms with van der Waals surface area (Å²) in [4.78, 5) is 4.74. The van der Waals surface area contributed by atoms with Crippen LogP contribution in [0.4, 0.5) is 5.69 Å². The topological polar surface area (TPSA) is 64.1 Å². The van der Waals surface area contributed by atoms with Crippen LogP contribution in [-0.4, -0.2) is 20.8 Å². The average molecular weight is 273 g/mol. The number of rotatable bonds is 3. The molecular formula is C16H23N3O. The fourth-order valence-corrected chi connectivity index (χ4v) is 3.26. The van der Waals surface area contributed by atoms with Gasteiger partial charge in [-0.15, -0.1) is 0 Å². The van der Waals surface area contributed by atoms with Gasteiger partial charge in [-0.3, -0.25) is 0 Å². The van der Waals surface area contributed by atoms with Crippen LogP contribution >= 0.6 is 0 Å². The number of nitrogens with zero attached hydrogens (tertiary/aromatic N) is 2. The maximum Gasteiger partial charge on any atom is 0.112 e. The molecule has 1 heterocycles. The number of nitrogens with two attached hydrogens (primary N) is 1. The van der Waals surface area contributed by atoms with Crippen LogP contribution in [0.15, 0.2) is 18.2 Å². The summed E-state index contributed by atoms with van der Waals surface area (Å²) in [5.41, 5.74) is 8.69. The Balaban J connectivity index is 2.04. The van der Waals surface area contributed by atoms with Crippen LogP contribution in [0.5, 0.6) is 0 Å². The summed E-state index contributed by atoms with van der Waals surface area (Å²) < 4.78 is 2.28. The largest absolute Gasteiger partial charge is 0.399 e. The van der Waals surface area contributed by atoms with Gasteiger partial charge >= 0.3 is 0 Å². The molecule has 20 heavy (non-hydrogen) atoms. The van der Waals surface area contributed by atoms with Crippen molar-refractivity contribution in [2.45, 2.75) is 51.7 Å². The van der Waals surface area contributed by atoms with Crippen molar-refractivity contribution < 1.29 is 5.11 Å². The van der Waals surface area contributed by atoms with Gasteiger partial charge in [0.2, 0.25) is 0 Å². The van der Waals surface area contributed by atoms with E-state index >= 15 is 0 Å². The second-order valence-electron chi connectivity index (χ2n) is 6.24. The number of hydrogen-bond donors (Lipinski definition) is 2. The minimum atomic E-state index is -0.166. The van der Waals surface area contributed by atoms with E-state index in [-0.39, 0.29) is 6.10 Å². The molecule has 1 aromatic heterocycles. The van der Waals surface area contributed by atoms with Gasteiger partial charge in [0.1, 0.15) is 5.82 Å². The maximum absolute atomic E-state index is 10.1. The number of aliphatic hydroxyl groups is 1. The summed E-state index contributed by atoms with van der Waals surface area (Å²) in [6.07, 6.45) is 3.00. The lowest BCUT2D eigenvalue weighted by Gasteiger charge is -2.18. The van der Waals surface area contributed by atoms with Crippen molar-refractivity contribution in [1.82, 2.24) is 9.55 Å². The van der Waals surface area contributed by atoms with Gasteiger partial charge in [0, 0.05) is 24.1 Å². The van der Waals surface area contributed by atoms with Crippen LogP contribution in [0.25, 0.3) is 11.0 Å². The standard InChI is InChI=1S/C16H23N3O/c1-10(2)16-18-13-8-12(17)6-7-14(13)19(16)9-11-4-3-5-15(11)20/h6-8,10-11,15,20H,3-5,9,17H2,1-2H3. The Morgan fingerprint density at radius 3 is 2.85 bits per heavy atom. The minimum absolute atomic E-state index is 0.166. The number of hydrogen-bond acceptors (Lipinski definition) is 3. The summed E-state index contributed by atoms with van der Waals surface area (Å²) in [6, 6.07) is 5.91. The van der Waals surface area contributed by atoms with E-state index in [9.17, 15) is 5.11 Å². The molecule has 4 nitrogen and oxygen atoms in total. The monoisotopic (exact) mass is 273 g/mol. The van der Waals surface area contributed by atoms with E-state index in [1.807, 2.05) is 18.2 Å². The van der Waals surface area contributed by atoms with Crippen molar-refractivity contribution in [3.05, 3.63) is 24.0 Å². The number of aromatic nitrogens is 2. The van der Waals surface area contributed by atoms with Crippen molar-refractivity contribution in [1.29, 1.82) is 0 Å². The first-order valence-electron chi connectivity index (χ1n) is 7.50. The Labute approximate surface area is 119 Å². The van der Waals surface area contributed by atoms with Crippen LogP contribution in [0.2, 0.25) is 0 Å². The van der Waals surface area contributed by atoms with Gasteiger partial charge in [0.25, 0.3) is 0 Å². The molecule has 1 aliphatic carbocycles. The first-order valence-corrected chi connectivity index (χ1v) is 7.50. The lowest BCUT2D eigenvalue weighted by atomic mass is 10.1. The number of aliphatic hydroxyl groups excluding tert-OH is 1. The van der Waals surface area contributed by atoms with Crippen LogP contribution in [0.3, 0.4) is 0 Å². The third-order valence-corrected chi connectivity index (χ3v) is 4.35. The van der Waals surface area contributed by atoms with E-state index < -0.39 is 0 Å². The summed E-state index contributed by atoms with van der Waals surface area (Å²) in [7, 11) is 0. The first kappa shape index (κ1) is 13.4. The van der Waals surface area contributed by atoms with Gasteiger partial charge in [-0.25, -0.2) is 4.98 Å². The number of fused-ring (bicyclic) bond motifs is 1. The zero-order chi connectivity index (χ0) is 14.3. The van der Waals surface area contributed by atoms with Crippen molar-refractivity contribution in [2.24, 2.45) is 5.92 Å². The molecule has 3 N–H and O–H groups in total. The Hall–Kier alpha value is -1.55. The van der Waals surface area contributed by atoms with Crippen molar-refractivity contribution in [2.75, 3.05) is 5.73 Å². The Morgan fingerprint density at radius 1 is 1.40 bits per heavy atom. The molecule has 1 aliphatic rings. The Morgan fingerprint density at radius 2 is 2.20 bits per heavy atom. The lowest BCUT2D eigenvalue weighted by Crippen LogP contribution is -2.20. The fourth-order valence-electron chi connectivity index (χ4n) is 3.26. The first-order chi connectivity index (χ1) is 9.56. The second-order valence-corrected chi connectivity index (χ2v) is 6.24. The van der Waals surface area contributed by atoms with Crippen molar-refractivity contribution >= 4 is 16.7 Å². The molecule has 0 saturated heterocycles.